The summed E-state index contributed by atoms with van der Waals surface area (Å²) in [6, 6.07) is 0.571. The molecule has 1 saturated heterocycles. The van der Waals surface area contributed by atoms with E-state index in [1.54, 1.807) is 0 Å². The molecule has 0 aromatic carbocycles. The van der Waals surface area contributed by atoms with Gasteiger partial charge in [0.1, 0.15) is 0 Å². The molecule has 0 aliphatic carbocycles. The van der Waals surface area contributed by atoms with E-state index in [2.05, 4.69) is 25.7 Å². The van der Waals surface area contributed by atoms with Gasteiger partial charge in [-0.1, -0.05) is 6.92 Å². The molecule has 1 heterocycles. The van der Waals surface area contributed by atoms with Crippen LogP contribution in [0.5, 0.6) is 0 Å². The largest absolute Gasteiger partial charge is 0.376 e. The van der Waals surface area contributed by atoms with Crippen molar-refractivity contribution in [1.82, 2.24) is 4.90 Å². The fourth-order valence-corrected chi connectivity index (χ4v) is 2.18. The zero-order chi connectivity index (χ0) is 11.3. The van der Waals surface area contributed by atoms with Crippen molar-refractivity contribution >= 4 is 0 Å². The van der Waals surface area contributed by atoms with Gasteiger partial charge < -0.3 is 10.5 Å². The zero-order valence-electron chi connectivity index (χ0n) is 10.4. The van der Waals surface area contributed by atoms with Gasteiger partial charge in [-0.2, -0.15) is 0 Å². The van der Waals surface area contributed by atoms with Gasteiger partial charge in [-0.05, 0) is 39.2 Å². The van der Waals surface area contributed by atoms with Gasteiger partial charge in [0, 0.05) is 19.1 Å². The van der Waals surface area contributed by atoms with Gasteiger partial charge in [-0.25, -0.2) is 0 Å². The summed E-state index contributed by atoms with van der Waals surface area (Å²) in [6.07, 6.45) is 2.78. The summed E-state index contributed by atoms with van der Waals surface area (Å²) in [4.78, 5) is 2.55. The molecule has 2 N–H and O–H groups in total. The summed E-state index contributed by atoms with van der Waals surface area (Å²) in [5.74, 6) is 0.751. The monoisotopic (exact) mass is 214 g/mol. The number of hydrogen-bond donors (Lipinski definition) is 1. The minimum absolute atomic E-state index is 0.392. The highest BCUT2D eigenvalue weighted by Crippen LogP contribution is 2.15. The van der Waals surface area contributed by atoms with Crippen LogP contribution in [-0.4, -0.2) is 43.3 Å². The Morgan fingerprint density at radius 2 is 2.20 bits per heavy atom. The van der Waals surface area contributed by atoms with Gasteiger partial charge in [0.2, 0.25) is 0 Å². The van der Waals surface area contributed by atoms with Crippen molar-refractivity contribution in [2.75, 3.05) is 26.2 Å². The number of nitrogens with zero attached hydrogens (tertiary/aromatic N) is 1. The maximum atomic E-state index is 5.62. The maximum absolute atomic E-state index is 5.62. The summed E-state index contributed by atoms with van der Waals surface area (Å²) in [5, 5.41) is 0. The molecule has 0 amide bonds. The second-order valence-electron chi connectivity index (χ2n) is 4.98. The SMILES string of the molecule is CC(CCCN)CN1CC(C)OCC1C. The van der Waals surface area contributed by atoms with Gasteiger partial charge in [0.15, 0.2) is 0 Å². The molecule has 3 unspecified atom stereocenters. The molecular weight excluding hydrogens is 188 g/mol. The van der Waals surface area contributed by atoms with Crippen LogP contribution < -0.4 is 5.73 Å². The zero-order valence-corrected chi connectivity index (χ0v) is 10.4. The predicted molar refractivity (Wildman–Crippen MR) is 63.9 cm³/mol. The fraction of sp³-hybridized carbons (Fsp3) is 1.00. The molecule has 0 saturated carbocycles. The highest BCUT2D eigenvalue weighted by molar-refractivity contribution is 4.76. The van der Waals surface area contributed by atoms with Crippen LogP contribution in [0.25, 0.3) is 0 Å². The number of nitrogens with two attached hydrogens (primary N) is 1. The van der Waals surface area contributed by atoms with E-state index >= 15 is 0 Å². The summed E-state index contributed by atoms with van der Waals surface area (Å²) in [5.41, 5.74) is 5.53. The van der Waals surface area contributed by atoms with Crippen molar-refractivity contribution in [2.45, 2.75) is 45.8 Å². The van der Waals surface area contributed by atoms with Crippen LogP contribution in [0.1, 0.15) is 33.6 Å². The lowest BCUT2D eigenvalue weighted by atomic mass is 10.0. The lowest BCUT2D eigenvalue weighted by Crippen LogP contribution is -2.48. The Kier molecular flexibility index (Phi) is 5.58. The molecule has 1 aliphatic heterocycles. The van der Waals surface area contributed by atoms with E-state index in [-0.39, 0.29) is 0 Å². The molecule has 1 fully saturated rings. The van der Waals surface area contributed by atoms with Gasteiger partial charge >= 0.3 is 0 Å². The van der Waals surface area contributed by atoms with Crippen molar-refractivity contribution in [3.63, 3.8) is 0 Å². The Labute approximate surface area is 94.0 Å². The standard InChI is InChI=1S/C12H26N2O/c1-10(5-4-6-13)7-14-8-12(3)15-9-11(14)2/h10-12H,4-9,13H2,1-3H3. The number of rotatable bonds is 5. The van der Waals surface area contributed by atoms with Crippen molar-refractivity contribution < 1.29 is 4.74 Å². The third-order valence-electron chi connectivity index (χ3n) is 3.18. The second-order valence-corrected chi connectivity index (χ2v) is 4.98. The Morgan fingerprint density at radius 1 is 1.47 bits per heavy atom. The third-order valence-corrected chi connectivity index (χ3v) is 3.18. The molecule has 0 aromatic heterocycles. The molecule has 0 aromatic rings. The minimum Gasteiger partial charge on any atom is -0.376 e. The molecular formula is C12H26N2O. The minimum atomic E-state index is 0.392. The lowest BCUT2D eigenvalue weighted by molar-refractivity contribution is -0.0537. The molecule has 1 aliphatic rings. The normalized spacial score (nSPS) is 30.4. The van der Waals surface area contributed by atoms with Crippen molar-refractivity contribution in [3.05, 3.63) is 0 Å². The summed E-state index contributed by atoms with van der Waals surface area (Å²) < 4.78 is 5.62. The third kappa shape index (κ3) is 4.49. The molecule has 3 atom stereocenters. The average molecular weight is 214 g/mol. The Balaban J connectivity index is 2.28. The van der Waals surface area contributed by atoms with E-state index in [1.807, 2.05) is 0 Å². The van der Waals surface area contributed by atoms with E-state index in [4.69, 9.17) is 10.5 Å². The molecule has 0 spiro atoms. The maximum Gasteiger partial charge on any atom is 0.0674 e. The molecule has 15 heavy (non-hydrogen) atoms. The van der Waals surface area contributed by atoms with Crippen LogP contribution in [0.4, 0.5) is 0 Å². The van der Waals surface area contributed by atoms with Crippen molar-refractivity contribution in [2.24, 2.45) is 11.7 Å². The van der Waals surface area contributed by atoms with Crippen LogP contribution in [0, 0.1) is 5.92 Å². The van der Waals surface area contributed by atoms with E-state index in [0.29, 0.717) is 12.1 Å². The van der Waals surface area contributed by atoms with E-state index < -0.39 is 0 Å². The Hall–Kier alpha value is -0.120. The summed E-state index contributed by atoms with van der Waals surface area (Å²) in [7, 11) is 0. The summed E-state index contributed by atoms with van der Waals surface area (Å²) >= 11 is 0. The lowest BCUT2D eigenvalue weighted by Gasteiger charge is -2.38. The molecule has 3 heteroatoms. The summed E-state index contributed by atoms with van der Waals surface area (Å²) in [6.45, 7) is 10.7. The quantitative estimate of drug-likeness (QED) is 0.753. The van der Waals surface area contributed by atoms with Gasteiger partial charge in [-0.3, -0.25) is 4.90 Å². The van der Waals surface area contributed by atoms with Crippen LogP contribution in [0.3, 0.4) is 0 Å². The van der Waals surface area contributed by atoms with E-state index in [0.717, 1.165) is 32.0 Å². The second kappa shape index (κ2) is 6.46. The van der Waals surface area contributed by atoms with Crippen LogP contribution >= 0.6 is 0 Å². The number of ether oxygens (including phenoxy) is 1. The first-order valence-electron chi connectivity index (χ1n) is 6.19. The van der Waals surface area contributed by atoms with Crippen molar-refractivity contribution in [3.8, 4) is 0 Å². The van der Waals surface area contributed by atoms with E-state index in [9.17, 15) is 0 Å². The highest BCUT2D eigenvalue weighted by atomic mass is 16.5. The average Bonchev–Trinajstić information content (AvgIpc) is 2.20. The van der Waals surface area contributed by atoms with Crippen LogP contribution in [0.2, 0.25) is 0 Å². The Bertz CT molecular complexity index is 175. The molecule has 0 radical (unpaired) electrons. The first-order valence-corrected chi connectivity index (χ1v) is 6.19. The van der Waals surface area contributed by atoms with Crippen molar-refractivity contribution in [1.29, 1.82) is 0 Å². The smallest absolute Gasteiger partial charge is 0.0674 e. The Morgan fingerprint density at radius 3 is 2.87 bits per heavy atom. The number of hydrogen-bond acceptors (Lipinski definition) is 3. The highest BCUT2D eigenvalue weighted by Gasteiger charge is 2.24. The molecule has 0 bridgehead atoms. The van der Waals surface area contributed by atoms with Gasteiger partial charge in [0.25, 0.3) is 0 Å². The number of morpholine rings is 1. The predicted octanol–water partition coefficient (Wildman–Crippen LogP) is 1.47. The molecule has 90 valence electrons. The van der Waals surface area contributed by atoms with Gasteiger partial charge in [0.05, 0.1) is 12.7 Å². The van der Waals surface area contributed by atoms with Crippen LogP contribution in [0.15, 0.2) is 0 Å². The molecule has 1 rings (SSSR count). The fourth-order valence-electron chi connectivity index (χ4n) is 2.18. The first kappa shape index (κ1) is 12.9. The first-order chi connectivity index (χ1) is 7.13. The van der Waals surface area contributed by atoms with E-state index in [1.165, 1.54) is 13.0 Å². The molecule has 3 nitrogen and oxygen atoms in total. The topological polar surface area (TPSA) is 38.5 Å². The van der Waals surface area contributed by atoms with Gasteiger partial charge in [-0.15, -0.1) is 0 Å². The van der Waals surface area contributed by atoms with Crippen LogP contribution in [-0.2, 0) is 4.74 Å².